The molecule has 0 atom stereocenters. The smallest absolute Gasteiger partial charge is 0.219 e. The van der Waals surface area contributed by atoms with Crippen molar-refractivity contribution in [1.82, 2.24) is 15.5 Å². The maximum absolute atomic E-state index is 5.65. The SMILES string of the molecule is CCNCCc1nnc(C2CCCC2)o1. The van der Waals surface area contributed by atoms with E-state index in [4.69, 9.17) is 4.42 Å². The van der Waals surface area contributed by atoms with Crippen LogP contribution in [0.2, 0.25) is 0 Å². The summed E-state index contributed by atoms with van der Waals surface area (Å²) in [7, 11) is 0. The van der Waals surface area contributed by atoms with E-state index in [1.165, 1.54) is 25.7 Å². The van der Waals surface area contributed by atoms with Crippen molar-refractivity contribution in [1.29, 1.82) is 0 Å². The van der Waals surface area contributed by atoms with Crippen LogP contribution in [0.1, 0.15) is 50.3 Å². The van der Waals surface area contributed by atoms with Crippen molar-refractivity contribution in [2.75, 3.05) is 13.1 Å². The van der Waals surface area contributed by atoms with Crippen LogP contribution in [-0.2, 0) is 6.42 Å². The highest BCUT2D eigenvalue weighted by molar-refractivity contribution is 4.94. The van der Waals surface area contributed by atoms with Crippen LogP contribution in [-0.4, -0.2) is 23.3 Å². The Morgan fingerprint density at radius 3 is 2.87 bits per heavy atom. The molecule has 1 N–H and O–H groups in total. The van der Waals surface area contributed by atoms with Crippen LogP contribution in [0.3, 0.4) is 0 Å². The number of aromatic nitrogens is 2. The zero-order chi connectivity index (χ0) is 10.5. The third-order valence-electron chi connectivity index (χ3n) is 2.95. The van der Waals surface area contributed by atoms with Crippen LogP contribution in [0.15, 0.2) is 4.42 Å². The maximum atomic E-state index is 5.65. The highest BCUT2D eigenvalue weighted by Gasteiger charge is 2.22. The lowest BCUT2D eigenvalue weighted by Crippen LogP contribution is -2.16. The molecule has 1 saturated carbocycles. The van der Waals surface area contributed by atoms with Crippen LogP contribution in [0.25, 0.3) is 0 Å². The first-order chi connectivity index (χ1) is 7.40. The lowest BCUT2D eigenvalue weighted by Gasteiger charge is -2.00. The molecular weight excluding hydrogens is 190 g/mol. The van der Waals surface area contributed by atoms with E-state index in [1.54, 1.807) is 0 Å². The molecule has 0 spiro atoms. The molecule has 1 heterocycles. The van der Waals surface area contributed by atoms with Crippen molar-refractivity contribution < 1.29 is 4.42 Å². The monoisotopic (exact) mass is 209 g/mol. The second kappa shape index (κ2) is 5.26. The van der Waals surface area contributed by atoms with E-state index >= 15 is 0 Å². The molecule has 1 aliphatic rings. The molecule has 0 saturated heterocycles. The second-order valence-corrected chi connectivity index (χ2v) is 4.12. The zero-order valence-corrected chi connectivity index (χ0v) is 9.33. The summed E-state index contributed by atoms with van der Waals surface area (Å²) in [5, 5.41) is 11.5. The van der Waals surface area contributed by atoms with Gasteiger partial charge in [-0.25, -0.2) is 0 Å². The fourth-order valence-electron chi connectivity index (χ4n) is 2.08. The normalized spacial score (nSPS) is 17.4. The molecule has 84 valence electrons. The molecule has 0 bridgehead atoms. The number of hydrogen-bond donors (Lipinski definition) is 1. The summed E-state index contributed by atoms with van der Waals surface area (Å²) in [5.74, 6) is 2.17. The first kappa shape index (κ1) is 10.6. The molecule has 0 radical (unpaired) electrons. The summed E-state index contributed by atoms with van der Waals surface area (Å²) in [6.07, 6.45) is 5.89. The van der Waals surface area contributed by atoms with Crippen LogP contribution in [0.5, 0.6) is 0 Å². The predicted octanol–water partition coefficient (Wildman–Crippen LogP) is 1.88. The molecule has 1 fully saturated rings. The van der Waals surface area contributed by atoms with Crippen LogP contribution >= 0.6 is 0 Å². The summed E-state index contributed by atoms with van der Waals surface area (Å²) in [6, 6.07) is 0. The Hall–Kier alpha value is -0.900. The Bertz CT molecular complexity index is 292. The molecule has 15 heavy (non-hydrogen) atoms. The lowest BCUT2D eigenvalue weighted by molar-refractivity contribution is 0.413. The van der Waals surface area contributed by atoms with E-state index < -0.39 is 0 Å². The number of nitrogens with one attached hydrogen (secondary N) is 1. The molecule has 4 heteroatoms. The van der Waals surface area contributed by atoms with Gasteiger partial charge >= 0.3 is 0 Å². The van der Waals surface area contributed by atoms with Crippen molar-refractivity contribution in [2.45, 2.75) is 44.9 Å². The minimum absolute atomic E-state index is 0.533. The van der Waals surface area contributed by atoms with Crippen LogP contribution in [0.4, 0.5) is 0 Å². The van der Waals surface area contributed by atoms with Gasteiger partial charge in [0.25, 0.3) is 0 Å². The highest BCUT2D eigenvalue weighted by atomic mass is 16.4. The van der Waals surface area contributed by atoms with Gasteiger partial charge in [0.05, 0.1) is 0 Å². The molecule has 4 nitrogen and oxygen atoms in total. The van der Waals surface area contributed by atoms with Gasteiger partial charge in [-0.15, -0.1) is 10.2 Å². The van der Waals surface area contributed by atoms with E-state index in [0.29, 0.717) is 5.92 Å². The van der Waals surface area contributed by atoms with Crippen molar-refractivity contribution in [3.8, 4) is 0 Å². The van der Waals surface area contributed by atoms with Gasteiger partial charge in [-0.2, -0.15) is 0 Å². The van der Waals surface area contributed by atoms with Gasteiger partial charge in [-0.05, 0) is 19.4 Å². The molecule has 1 aromatic rings. The van der Waals surface area contributed by atoms with Gasteiger partial charge in [0.15, 0.2) is 0 Å². The van der Waals surface area contributed by atoms with Crippen molar-refractivity contribution in [3.63, 3.8) is 0 Å². The van der Waals surface area contributed by atoms with Gasteiger partial charge in [-0.1, -0.05) is 19.8 Å². The molecule has 0 amide bonds. The van der Waals surface area contributed by atoms with E-state index in [2.05, 4.69) is 22.4 Å². The standard InChI is InChI=1S/C11H19N3O/c1-2-12-8-7-10-13-14-11(15-10)9-5-3-4-6-9/h9,12H,2-8H2,1H3. The second-order valence-electron chi connectivity index (χ2n) is 4.12. The van der Waals surface area contributed by atoms with Gasteiger partial charge in [0, 0.05) is 18.9 Å². The number of likely N-dealkylation sites (N-methyl/N-ethyl adjacent to an activating group) is 1. The van der Waals surface area contributed by atoms with E-state index in [9.17, 15) is 0 Å². The Kier molecular flexibility index (Phi) is 3.72. The van der Waals surface area contributed by atoms with E-state index in [-0.39, 0.29) is 0 Å². The summed E-state index contributed by atoms with van der Waals surface area (Å²) in [6.45, 7) is 4.00. The number of rotatable bonds is 5. The lowest BCUT2D eigenvalue weighted by atomic mass is 10.1. The summed E-state index contributed by atoms with van der Waals surface area (Å²) < 4.78 is 5.65. The molecule has 1 aliphatic carbocycles. The van der Waals surface area contributed by atoms with Gasteiger partial charge in [0.2, 0.25) is 11.8 Å². The fraction of sp³-hybridized carbons (Fsp3) is 0.818. The average Bonchev–Trinajstić information content (AvgIpc) is 2.87. The molecule has 1 aromatic heterocycles. The summed E-state index contributed by atoms with van der Waals surface area (Å²) >= 11 is 0. The summed E-state index contributed by atoms with van der Waals surface area (Å²) in [4.78, 5) is 0. The summed E-state index contributed by atoms with van der Waals surface area (Å²) in [5.41, 5.74) is 0. The van der Waals surface area contributed by atoms with Crippen molar-refractivity contribution in [2.24, 2.45) is 0 Å². The first-order valence-electron chi connectivity index (χ1n) is 5.93. The molecular formula is C11H19N3O. The quantitative estimate of drug-likeness (QED) is 0.752. The fourth-order valence-corrected chi connectivity index (χ4v) is 2.08. The number of hydrogen-bond acceptors (Lipinski definition) is 4. The Morgan fingerprint density at radius 1 is 1.33 bits per heavy atom. The third kappa shape index (κ3) is 2.78. The van der Waals surface area contributed by atoms with Gasteiger partial charge < -0.3 is 9.73 Å². The Labute approximate surface area is 90.5 Å². The first-order valence-corrected chi connectivity index (χ1v) is 5.93. The molecule has 2 rings (SSSR count). The largest absolute Gasteiger partial charge is 0.425 e. The Balaban J connectivity index is 1.86. The molecule has 0 aromatic carbocycles. The highest BCUT2D eigenvalue weighted by Crippen LogP contribution is 2.32. The topological polar surface area (TPSA) is 51.0 Å². The van der Waals surface area contributed by atoms with E-state index in [0.717, 1.165) is 31.3 Å². The molecule has 0 unspecified atom stereocenters. The third-order valence-corrected chi connectivity index (χ3v) is 2.95. The van der Waals surface area contributed by atoms with Gasteiger partial charge in [0.1, 0.15) is 0 Å². The van der Waals surface area contributed by atoms with Crippen molar-refractivity contribution in [3.05, 3.63) is 11.8 Å². The number of nitrogens with zero attached hydrogens (tertiary/aromatic N) is 2. The minimum atomic E-state index is 0.533. The van der Waals surface area contributed by atoms with Gasteiger partial charge in [-0.3, -0.25) is 0 Å². The molecule has 0 aliphatic heterocycles. The average molecular weight is 209 g/mol. The van der Waals surface area contributed by atoms with Crippen LogP contribution in [0, 0.1) is 0 Å². The van der Waals surface area contributed by atoms with E-state index in [1.807, 2.05) is 0 Å². The van der Waals surface area contributed by atoms with Crippen LogP contribution < -0.4 is 5.32 Å². The Morgan fingerprint density at radius 2 is 2.13 bits per heavy atom. The predicted molar refractivity (Wildman–Crippen MR) is 57.8 cm³/mol. The zero-order valence-electron chi connectivity index (χ0n) is 9.33. The van der Waals surface area contributed by atoms with Crippen molar-refractivity contribution >= 4 is 0 Å². The minimum Gasteiger partial charge on any atom is -0.425 e. The maximum Gasteiger partial charge on any atom is 0.219 e.